The molecule has 6 heteroatoms. The zero-order valence-corrected chi connectivity index (χ0v) is 19.3. The van der Waals surface area contributed by atoms with E-state index < -0.39 is 0 Å². The van der Waals surface area contributed by atoms with Crippen LogP contribution in [0.1, 0.15) is 24.0 Å². The number of benzene rings is 3. The smallest absolute Gasteiger partial charge is 0.227 e. The van der Waals surface area contributed by atoms with Gasteiger partial charge in [0.1, 0.15) is 24.5 Å². The Labute approximate surface area is 199 Å². The number of hydrogen-bond donors (Lipinski definition) is 1. The van der Waals surface area contributed by atoms with Crippen molar-refractivity contribution in [2.75, 3.05) is 23.3 Å². The van der Waals surface area contributed by atoms with Crippen LogP contribution in [0.15, 0.2) is 79.1 Å². The van der Waals surface area contributed by atoms with Gasteiger partial charge < -0.3 is 15.0 Å². The Morgan fingerprint density at radius 2 is 1.71 bits per heavy atom. The Morgan fingerprint density at radius 3 is 2.56 bits per heavy atom. The Hall–Kier alpha value is -3.93. The maximum atomic E-state index is 13.1. The van der Waals surface area contributed by atoms with Gasteiger partial charge in [-0.3, -0.25) is 4.79 Å². The minimum atomic E-state index is -0.0474. The largest absolute Gasteiger partial charge is 0.487 e. The number of rotatable bonds is 6. The van der Waals surface area contributed by atoms with Crippen LogP contribution in [0, 0.1) is 12.8 Å². The number of aromatic nitrogens is 2. The van der Waals surface area contributed by atoms with Crippen LogP contribution in [0.3, 0.4) is 0 Å². The number of carbonyl (C=O) groups excluding carboxylic acids is 1. The quantitative estimate of drug-likeness (QED) is 0.426. The molecule has 3 aromatic carbocycles. The van der Waals surface area contributed by atoms with Crippen LogP contribution < -0.4 is 15.0 Å². The Morgan fingerprint density at radius 1 is 0.971 bits per heavy atom. The van der Waals surface area contributed by atoms with E-state index in [1.807, 2.05) is 54.6 Å². The summed E-state index contributed by atoms with van der Waals surface area (Å²) < 4.78 is 6.07. The average molecular weight is 453 g/mol. The number of nitrogens with one attached hydrogen (secondary N) is 1. The third-order valence-corrected chi connectivity index (χ3v) is 6.48. The summed E-state index contributed by atoms with van der Waals surface area (Å²) in [7, 11) is 0. The van der Waals surface area contributed by atoms with Gasteiger partial charge in [-0.15, -0.1) is 0 Å². The molecule has 1 saturated heterocycles. The second kappa shape index (κ2) is 9.91. The van der Waals surface area contributed by atoms with E-state index >= 15 is 0 Å². The summed E-state index contributed by atoms with van der Waals surface area (Å²) in [5, 5.41) is 4.16. The van der Waals surface area contributed by atoms with Crippen LogP contribution in [-0.2, 0) is 11.4 Å². The molecule has 1 N–H and O–H groups in total. The van der Waals surface area contributed by atoms with Gasteiger partial charge in [0.25, 0.3) is 0 Å². The predicted octanol–water partition coefficient (Wildman–Crippen LogP) is 5.37. The van der Waals surface area contributed by atoms with Gasteiger partial charge in [-0.05, 0) is 55.2 Å². The van der Waals surface area contributed by atoms with Crippen molar-refractivity contribution in [3.63, 3.8) is 0 Å². The molecule has 1 fully saturated rings. The summed E-state index contributed by atoms with van der Waals surface area (Å²) in [6.07, 6.45) is 3.16. The fourth-order valence-electron chi connectivity index (χ4n) is 4.45. The number of fused-ring (bicyclic) bond motifs is 1. The van der Waals surface area contributed by atoms with Crippen molar-refractivity contribution in [3.8, 4) is 5.75 Å². The van der Waals surface area contributed by atoms with Crippen molar-refractivity contribution >= 4 is 28.3 Å². The van der Waals surface area contributed by atoms with Gasteiger partial charge in [-0.2, -0.15) is 0 Å². The van der Waals surface area contributed by atoms with Crippen LogP contribution in [0.5, 0.6) is 5.75 Å². The molecule has 0 spiro atoms. The van der Waals surface area contributed by atoms with E-state index in [0.29, 0.717) is 18.0 Å². The summed E-state index contributed by atoms with van der Waals surface area (Å²) in [5.74, 6) is 1.62. The number of carbonyl (C=O) groups is 1. The lowest BCUT2D eigenvalue weighted by Gasteiger charge is -2.32. The van der Waals surface area contributed by atoms with Crippen LogP contribution in [-0.4, -0.2) is 29.0 Å². The highest BCUT2D eigenvalue weighted by Crippen LogP contribution is 2.30. The molecule has 0 atom stereocenters. The molecule has 6 nitrogen and oxygen atoms in total. The van der Waals surface area contributed by atoms with Gasteiger partial charge in [-0.25, -0.2) is 9.97 Å². The van der Waals surface area contributed by atoms with E-state index in [1.54, 1.807) is 6.33 Å². The second-order valence-electron chi connectivity index (χ2n) is 8.68. The zero-order valence-electron chi connectivity index (χ0n) is 19.3. The minimum Gasteiger partial charge on any atom is -0.487 e. The number of aryl methyl sites for hydroxylation is 1. The standard InChI is InChI=1S/C28H28N4O2/c1-20-8-2-3-9-22(20)18-34-26-13-7-6-12-25(26)31-28(33)21-14-16-32(17-15-21)27-23-10-4-5-11-24(23)29-19-30-27/h2-13,19,21H,14-18H2,1H3,(H,31,33). The number of anilines is 2. The highest BCUT2D eigenvalue weighted by molar-refractivity contribution is 5.94. The third kappa shape index (κ3) is 4.71. The maximum absolute atomic E-state index is 13.1. The van der Waals surface area contributed by atoms with Gasteiger partial charge in [-0.1, -0.05) is 48.5 Å². The monoisotopic (exact) mass is 452 g/mol. The molecule has 2 heterocycles. The van der Waals surface area contributed by atoms with Crippen molar-refractivity contribution in [3.05, 3.63) is 90.3 Å². The van der Waals surface area contributed by atoms with Crippen LogP contribution in [0.2, 0.25) is 0 Å². The minimum absolute atomic E-state index is 0.0409. The molecule has 172 valence electrons. The molecular formula is C28H28N4O2. The number of para-hydroxylation sites is 3. The first kappa shape index (κ1) is 21.9. The predicted molar refractivity (Wildman–Crippen MR) is 135 cm³/mol. The number of ether oxygens (including phenoxy) is 1. The van der Waals surface area contributed by atoms with Crippen molar-refractivity contribution in [2.45, 2.75) is 26.4 Å². The number of hydrogen-bond acceptors (Lipinski definition) is 5. The summed E-state index contributed by atoms with van der Waals surface area (Å²) in [6, 6.07) is 23.8. The van der Waals surface area contributed by atoms with E-state index in [9.17, 15) is 4.79 Å². The van der Waals surface area contributed by atoms with E-state index in [4.69, 9.17) is 4.74 Å². The van der Waals surface area contributed by atoms with E-state index in [0.717, 1.165) is 48.2 Å². The highest BCUT2D eigenvalue weighted by Gasteiger charge is 2.27. The fraction of sp³-hybridized carbons (Fsp3) is 0.250. The topological polar surface area (TPSA) is 67.3 Å². The maximum Gasteiger partial charge on any atom is 0.227 e. The fourth-order valence-corrected chi connectivity index (χ4v) is 4.45. The number of piperidine rings is 1. The Bertz CT molecular complexity index is 1290. The molecular weight excluding hydrogens is 424 g/mol. The third-order valence-electron chi connectivity index (χ3n) is 6.48. The Kier molecular flexibility index (Phi) is 6.38. The molecule has 0 bridgehead atoms. The van der Waals surface area contributed by atoms with Crippen molar-refractivity contribution in [1.29, 1.82) is 0 Å². The Balaban J connectivity index is 1.22. The molecule has 1 aromatic heterocycles. The summed E-state index contributed by atoms with van der Waals surface area (Å²) in [4.78, 5) is 24.2. The normalized spacial score (nSPS) is 14.2. The van der Waals surface area contributed by atoms with E-state index in [2.05, 4.69) is 45.3 Å². The van der Waals surface area contributed by atoms with Gasteiger partial charge in [0.15, 0.2) is 0 Å². The SMILES string of the molecule is Cc1ccccc1COc1ccccc1NC(=O)C1CCN(c2ncnc3ccccc23)CC1. The van der Waals surface area contributed by atoms with Crippen LogP contribution in [0.4, 0.5) is 11.5 Å². The van der Waals surface area contributed by atoms with Gasteiger partial charge in [0.2, 0.25) is 5.91 Å². The molecule has 0 radical (unpaired) electrons. The molecule has 0 unspecified atom stereocenters. The first-order chi connectivity index (χ1) is 16.7. The first-order valence-electron chi connectivity index (χ1n) is 11.7. The second-order valence-corrected chi connectivity index (χ2v) is 8.68. The lowest BCUT2D eigenvalue weighted by Crippen LogP contribution is -2.38. The zero-order chi connectivity index (χ0) is 23.3. The van der Waals surface area contributed by atoms with Crippen LogP contribution >= 0.6 is 0 Å². The van der Waals surface area contributed by atoms with Crippen molar-refractivity contribution in [1.82, 2.24) is 9.97 Å². The number of nitrogens with zero attached hydrogens (tertiary/aromatic N) is 3. The van der Waals surface area contributed by atoms with Gasteiger partial charge in [0, 0.05) is 24.4 Å². The van der Waals surface area contributed by atoms with E-state index in [1.165, 1.54) is 5.56 Å². The first-order valence-corrected chi connectivity index (χ1v) is 11.7. The molecule has 1 aliphatic rings. The lowest BCUT2D eigenvalue weighted by molar-refractivity contribution is -0.120. The summed E-state index contributed by atoms with van der Waals surface area (Å²) in [6.45, 7) is 4.10. The summed E-state index contributed by atoms with van der Waals surface area (Å²) in [5.41, 5.74) is 3.97. The molecule has 0 saturated carbocycles. The van der Waals surface area contributed by atoms with Gasteiger partial charge in [0.05, 0.1) is 11.2 Å². The highest BCUT2D eigenvalue weighted by atomic mass is 16.5. The molecule has 0 aliphatic carbocycles. The number of amides is 1. The molecule has 5 rings (SSSR count). The van der Waals surface area contributed by atoms with E-state index in [-0.39, 0.29) is 11.8 Å². The summed E-state index contributed by atoms with van der Waals surface area (Å²) >= 11 is 0. The van der Waals surface area contributed by atoms with Crippen molar-refractivity contribution < 1.29 is 9.53 Å². The van der Waals surface area contributed by atoms with Crippen LogP contribution in [0.25, 0.3) is 10.9 Å². The van der Waals surface area contributed by atoms with Crippen molar-refractivity contribution in [2.24, 2.45) is 5.92 Å². The molecule has 4 aromatic rings. The molecule has 1 aliphatic heterocycles. The lowest BCUT2D eigenvalue weighted by atomic mass is 9.95. The van der Waals surface area contributed by atoms with Gasteiger partial charge >= 0.3 is 0 Å². The molecule has 34 heavy (non-hydrogen) atoms. The molecule has 1 amide bonds. The average Bonchev–Trinajstić information content (AvgIpc) is 2.89.